The molecular formula is C13H16N2O2. The molecule has 0 amide bonds. The molecule has 0 aromatic carbocycles. The van der Waals surface area contributed by atoms with Crippen LogP contribution < -0.4 is 10.6 Å². The van der Waals surface area contributed by atoms with Crippen LogP contribution in [0.5, 0.6) is 0 Å². The Morgan fingerprint density at radius 1 is 1.12 bits per heavy atom. The highest BCUT2D eigenvalue weighted by Gasteiger charge is 1.95. The second kappa shape index (κ2) is 5.84. The molecule has 4 nitrogen and oxygen atoms in total. The van der Waals surface area contributed by atoms with Gasteiger partial charge in [0, 0.05) is 11.9 Å². The molecule has 0 aliphatic heterocycles. The number of furan rings is 2. The van der Waals surface area contributed by atoms with Crippen molar-refractivity contribution < 1.29 is 8.83 Å². The van der Waals surface area contributed by atoms with Gasteiger partial charge in [-0.2, -0.15) is 0 Å². The summed E-state index contributed by atoms with van der Waals surface area (Å²) in [5.41, 5.74) is 1.05. The first-order valence-electron chi connectivity index (χ1n) is 5.53. The third-order valence-corrected chi connectivity index (χ3v) is 2.30. The Kier molecular flexibility index (Phi) is 3.91. The Hall–Kier alpha value is -2.10. The fraction of sp³-hybridized carbons (Fsp3) is 0.231. The highest BCUT2D eigenvalue weighted by atomic mass is 16.3. The number of hydrogen-bond donors (Lipinski definition) is 2. The molecule has 0 bridgehead atoms. The van der Waals surface area contributed by atoms with Gasteiger partial charge in [-0.15, -0.1) is 0 Å². The van der Waals surface area contributed by atoms with E-state index < -0.39 is 0 Å². The number of hydrogen-bond acceptors (Lipinski definition) is 4. The van der Waals surface area contributed by atoms with Crippen molar-refractivity contribution in [1.82, 2.24) is 10.6 Å². The zero-order valence-electron chi connectivity index (χ0n) is 9.77. The van der Waals surface area contributed by atoms with Crippen LogP contribution in [0.2, 0.25) is 0 Å². The summed E-state index contributed by atoms with van der Waals surface area (Å²) in [6, 6.07) is 7.64. The lowest BCUT2D eigenvalue weighted by Gasteiger charge is -2.05. The highest BCUT2D eigenvalue weighted by Crippen LogP contribution is 2.01. The van der Waals surface area contributed by atoms with Crippen molar-refractivity contribution in [3.8, 4) is 0 Å². The lowest BCUT2D eigenvalue weighted by atomic mass is 10.4. The summed E-state index contributed by atoms with van der Waals surface area (Å²) in [5.74, 6) is 1.84. The Balaban J connectivity index is 1.70. The monoisotopic (exact) mass is 232 g/mol. The first-order valence-corrected chi connectivity index (χ1v) is 5.53. The Morgan fingerprint density at radius 2 is 1.76 bits per heavy atom. The van der Waals surface area contributed by atoms with E-state index in [1.807, 2.05) is 37.4 Å². The zero-order chi connectivity index (χ0) is 11.9. The van der Waals surface area contributed by atoms with Crippen molar-refractivity contribution in [3.63, 3.8) is 0 Å². The maximum absolute atomic E-state index is 5.22. The predicted molar refractivity (Wildman–Crippen MR) is 64.9 cm³/mol. The van der Waals surface area contributed by atoms with Gasteiger partial charge in [0.1, 0.15) is 11.5 Å². The summed E-state index contributed by atoms with van der Waals surface area (Å²) in [6.07, 6.45) is 5.26. The van der Waals surface area contributed by atoms with Crippen LogP contribution in [0.25, 0.3) is 0 Å². The van der Waals surface area contributed by atoms with Crippen molar-refractivity contribution in [2.75, 3.05) is 0 Å². The normalized spacial score (nSPS) is 11.5. The molecule has 2 heterocycles. The molecule has 0 aliphatic rings. The van der Waals surface area contributed by atoms with E-state index in [2.05, 4.69) is 10.6 Å². The Morgan fingerprint density at radius 3 is 2.35 bits per heavy atom. The van der Waals surface area contributed by atoms with Crippen LogP contribution in [0.1, 0.15) is 18.4 Å². The second-order valence-corrected chi connectivity index (χ2v) is 3.72. The second-order valence-electron chi connectivity index (χ2n) is 3.72. The van der Waals surface area contributed by atoms with Gasteiger partial charge in [-0.1, -0.05) is 0 Å². The summed E-state index contributed by atoms with van der Waals surface area (Å²) in [6.45, 7) is 3.38. The Bertz CT molecular complexity index is 444. The van der Waals surface area contributed by atoms with Crippen molar-refractivity contribution in [3.05, 3.63) is 60.2 Å². The molecule has 2 rings (SSSR count). The summed E-state index contributed by atoms with van der Waals surface area (Å²) in [7, 11) is 0. The van der Waals surface area contributed by atoms with Gasteiger partial charge in [-0.05, 0) is 31.2 Å². The summed E-state index contributed by atoms with van der Waals surface area (Å²) in [5, 5.41) is 6.41. The van der Waals surface area contributed by atoms with Gasteiger partial charge in [0.05, 0.1) is 25.6 Å². The number of rotatable bonds is 6. The van der Waals surface area contributed by atoms with E-state index in [-0.39, 0.29) is 0 Å². The van der Waals surface area contributed by atoms with Gasteiger partial charge < -0.3 is 19.5 Å². The largest absolute Gasteiger partial charge is 0.467 e. The lowest BCUT2D eigenvalue weighted by Crippen LogP contribution is -2.14. The van der Waals surface area contributed by atoms with E-state index in [4.69, 9.17) is 8.83 Å². The Labute approximate surface area is 100 Å². The average molecular weight is 232 g/mol. The van der Waals surface area contributed by atoms with E-state index in [1.165, 1.54) is 0 Å². The van der Waals surface area contributed by atoms with Gasteiger partial charge in [0.15, 0.2) is 0 Å². The first kappa shape index (κ1) is 11.4. The maximum Gasteiger partial charge on any atom is 0.122 e. The molecule has 0 aliphatic carbocycles. The van der Waals surface area contributed by atoms with Gasteiger partial charge in [0.2, 0.25) is 0 Å². The molecule has 0 spiro atoms. The van der Waals surface area contributed by atoms with Crippen LogP contribution in [0, 0.1) is 0 Å². The molecule has 0 fully saturated rings. The topological polar surface area (TPSA) is 50.3 Å². The fourth-order valence-corrected chi connectivity index (χ4v) is 1.41. The minimum Gasteiger partial charge on any atom is -0.467 e. The van der Waals surface area contributed by atoms with Crippen LogP contribution in [-0.4, -0.2) is 0 Å². The zero-order valence-corrected chi connectivity index (χ0v) is 9.77. The van der Waals surface area contributed by atoms with Gasteiger partial charge in [-0.25, -0.2) is 0 Å². The smallest absolute Gasteiger partial charge is 0.122 e. The molecule has 0 atom stereocenters. The molecule has 2 aromatic heterocycles. The molecule has 90 valence electrons. The molecule has 17 heavy (non-hydrogen) atoms. The van der Waals surface area contributed by atoms with Gasteiger partial charge >= 0.3 is 0 Å². The van der Waals surface area contributed by atoms with Crippen molar-refractivity contribution >= 4 is 0 Å². The van der Waals surface area contributed by atoms with E-state index in [9.17, 15) is 0 Å². The van der Waals surface area contributed by atoms with Crippen LogP contribution >= 0.6 is 0 Å². The molecule has 0 unspecified atom stereocenters. The summed E-state index contributed by atoms with van der Waals surface area (Å²) >= 11 is 0. The van der Waals surface area contributed by atoms with Gasteiger partial charge in [-0.3, -0.25) is 0 Å². The summed E-state index contributed by atoms with van der Waals surface area (Å²) < 4.78 is 10.4. The highest BCUT2D eigenvalue weighted by molar-refractivity contribution is 5.03. The average Bonchev–Trinajstić information content (AvgIpc) is 2.99. The van der Waals surface area contributed by atoms with Crippen molar-refractivity contribution in [2.24, 2.45) is 0 Å². The van der Waals surface area contributed by atoms with Crippen LogP contribution in [0.3, 0.4) is 0 Å². The van der Waals surface area contributed by atoms with Crippen LogP contribution in [-0.2, 0) is 13.1 Å². The third kappa shape index (κ3) is 3.75. The minimum absolute atomic E-state index is 0.687. The van der Waals surface area contributed by atoms with E-state index in [0.29, 0.717) is 13.1 Å². The molecule has 0 radical (unpaired) electrons. The quantitative estimate of drug-likeness (QED) is 0.803. The number of nitrogens with one attached hydrogen (secondary N) is 2. The fourth-order valence-electron chi connectivity index (χ4n) is 1.41. The lowest BCUT2D eigenvalue weighted by molar-refractivity contribution is 0.492. The van der Waals surface area contributed by atoms with E-state index in [1.54, 1.807) is 12.5 Å². The van der Waals surface area contributed by atoms with Crippen LogP contribution in [0.15, 0.2) is 57.5 Å². The molecule has 4 heteroatoms. The van der Waals surface area contributed by atoms with Crippen molar-refractivity contribution in [2.45, 2.75) is 20.0 Å². The number of allylic oxidation sites excluding steroid dienone is 1. The predicted octanol–water partition coefficient (Wildman–Crippen LogP) is 2.61. The maximum atomic E-state index is 5.22. The van der Waals surface area contributed by atoms with E-state index >= 15 is 0 Å². The van der Waals surface area contributed by atoms with Gasteiger partial charge in [0.25, 0.3) is 0 Å². The third-order valence-electron chi connectivity index (χ3n) is 2.30. The molecule has 0 saturated carbocycles. The minimum atomic E-state index is 0.687. The standard InChI is InChI=1S/C13H16N2O2/c1-11(15-10-13-5-3-7-17-13)8-14-9-12-4-2-6-16-12/h2-8,14-15H,9-10H2,1H3. The molecule has 2 aromatic rings. The molecule has 2 N–H and O–H groups in total. The van der Waals surface area contributed by atoms with E-state index in [0.717, 1.165) is 17.2 Å². The molecule has 0 saturated heterocycles. The molecular weight excluding hydrogens is 216 g/mol. The first-order chi connectivity index (χ1) is 8.34. The SMILES string of the molecule is CC(=CNCc1ccco1)NCc1ccco1. The van der Waals surface area contributed by atoms with Crippen molar-refractivity contribution in [1.29, 1.82) is 0 Å². The van der Waals surface area contributed by atoms with Crippen LogP contribution in [0.4, 0.5) is 0 Å². The summed E-state index contributed by atoms with van der Waals surface area (Å²) in [4.78, 5) is 0.